The first-order valence-electron chi connectivity index (χ1n) is 9.99. The van der Waals surface area contributed by atoms with Gasteiger partial charge in [-0.15, -0.1) is 0 Å². The highest BCUT2D eigenvalue weighted by molar-refractivity contribution is 7.80. The van der Waals surface area contributed by atoms with Crippen LogP contribution in [0, 0.1) is 6.92 Å². The molecule has 2 N–H and O–H groups in total. The zero-order chi connectivity index (χ0) is 22.5. The number of amides is 2. The molecule has 31 heavy (non-hydrogen) atoms. The van der Waals surface area contributed by atoms with Crippen molar-refractivity contribution in [1.29, 1.82) is 0 Å². The highest BCUT2D eigenvalue weighted by Crippen LogP contribution is 2.29. The third-order valence-corrected chi connectivity index (χ3v) is 5.90. The first-order chi connectivity index (χ1) is 14.8. The number of nitrogens with one attached hydrogen (secondary N) is 2. The van der Waals surface area contributed by atoms with Gasteiger partial charge in [0.25, 0.3) is 5.91 Å². The Labute approximate surface area is 197 Å². The van der Waals surface area contributed by atoms with E-state index in [2.05, 4.69) is 15.5 Å². The van der Waals surface area contributed by atoms with Crippen molar-refractivity contribution < 1.29 is 9.59 Å². The predicted octanol–water partition coefficient (Wildman–Crippen LogP) is 4.49. The molecule has 0 spiro atoms. The average Bonchev–Trinajstić information content (AvgIpc) is 2.73. The van der Waals surface area contributed by atoms with Gasteiger partial charge in [0.2, 0.25) is 5.91 Å². The molecule has 0 saturated carbocycles. The maximum atomic E-state index is 12.4. The molecule has 0 unspecified atom stereocenters. The van der Waals surface area contributed by atoms with E-state index in [1.54, 1.807) is 18.2 Å². The van der Waals surface area contributed by atoms with E-state index in [-0.39, 0.29) is 16.9 Å². The SMILES string of the molecule is CCC(=O)N1CCN(c2ccc(NC(=S)NC(=O)c3ccc(C)cc3Cl)cc2Cl)CC1. The second-order valence-corrected chi connectivity index (χ2v) is 8.50. The zero-order valence-corrected chi connectivity index (χ0v) is 19.7. The highest BCUT2D eigenvalue weighted by atomic mass is 35.5. The third kappa shape index (κ3) is 5.87. The van der Waals surface area contributed by atoms with Crippen molar-refractivity contribution in [3.63, 3.8) is 0 Å². The summed E-state index contributed by atoms with van der Waals surface area (Å²) < 4.78 is 0. The second-order valence-electron chi connectivity index (χ2n) is 7.28. The number of piperazine rings is 1. The number of carbonyl (C=O) groups is 2. The molecule has 1 heterocycles. The van der Waals surface area contributed by atoms with Crippen molar-refractivity contribution in [3.8, 4) is 0 Å². The monoisotopic (exact) mass is 478 g/mol. The quantitative estimate of drug-likeness (QED) is 0.633. The maximum Gasteiger partial charge on any atom is 0.258 e. The van der Waals surface area contributed by atoms with Crippen LogP contribution in [0.25, 0.3) is 0 Å². The van der Waals surface area contributed by atoms with Crippen LogP contribution in [-0.4, -0.2) is 48.0 Å². The highest BCUT2D eigenvalue weighted by Gasteiger charge is 2.21. The first kappa shape index (κ1) is 23.3. The van der Waals surface area contributed by atoms with Crippen LogP contribution in [0.15, 0.2) is 36.4 Å². The summed E-state index contributed by atoms with van der Waals surface area (Å²) in [4.78, 5) is 28.3. The Kier molecular flexibility index (Phi) is 7.75. The molecule has 0 atom stereocenters. The summed E-state index contributed by atoms with van der Waals surface area (Å²) in [6, 6.07) is 10.7. The minimum absolute atomic E-state index is 0.150. The number of halogens is 2. The molecular weight excluding hydrogens is 455 g/mol. The number of hydrogen-bond donors (Lipinski definition) is 2. The number of anilines is 2. The van der Waals surface area contributed by atoms with Gasteiger partial charge in [0.1, 0.15) is 0 Å². The summed E-state index contributed by atoms with van der Waals surface area (Å²) in [5, 5.41) is 6.69. The van der Waals surface area contributed by atoms with Gasteiger partial charge in [-0.2, -0.15) is 0 Å². The molecule has 1 aliphatic rings. The van der Waals surface area contributed by atoms with Crippen molar-refractivity contribution in [2.24, 2.45) is 0 Å². The van der Waals surface area contributed by atoms with Crippen LogP contribution in [-0.2, 0) is 4.79 Å². The fourth-order valence-corrected chi connectivity index (χ4v) is 4.23. The average molecular weight is 479 g/mol. The van der Waals surface area contributed by atoms with Gasteiger partial charge < -0.3 is 15.1 Å². The molecule has 3 rings (SSSR count). The maximum absolute atomic E-state index is 12.4. The van der Waals surface area contributed by atoms with Crippen molar-refractivity contribution in [2.45, 2.75) is 20.3 Å². The molecule has 2 aromatic carbocycles. The van der Waals surface area contributed by atoms with E-state index in [0.717, 1.165) is 24.3 Å². The Morgan fingerprint density at radius 2 is 1.74 bits per heavy atom. The fourth-order valence-electron chi connectivity index (χ4n) is 3.40. The Morgan fingerprint density at radius 3 is 2.35 bits per heavy atom. The lowest BCUT2D eigenvalue weighted by Crippen LogP contribution is -2.48. The predicted molar refractivity (Wildman–Crippen MR) is 130 cm³/mol. The Bertz CT molecular complexity index is 1010. The van der Waals surface area contributed by atoms with Gasteiger partial charge in [-0.1, -0.05) is 36.2 Å². The van der Waals surface area contributed by atoms with E-state index in [1.807, 2.05) is 36.9 Å². The van der Waals surface area contributed by atoms with Crippen LogP contribution >= 0.6 is 35.4 Å². The van der Waals surface area contributed by atoms with Crippen LogP contribution < -0.4 is 15.5 Å². The Morgan fingerprint density at radius 1 is 1.03 bits per heavy atom. The van der Waals surface area contributed by atoms with Gasteiger partial charge in [0.05, 0.1) is 21.3 Å². The number of thiocarbonyl (C=S) groups is 1. The van der Waals surface area contributed by atoms with E-state index in [4.69, 9.17) is 35.4 Å². The summed E-state index contributed by atoms with van der Waals surface area (Å²) in [5.74, 6) is -0.211. The molecule has 1 fully saturated rings. The third-order valence-electron chi connectivity index (χ3n) is 5.08. The van der Waals surface area contributed by atoms with E-state index in [9.17, 15) is 9.59 Å². The topological polar surface area (TPSA) is 64.7 Å². The summed E-state index contributed by atoms with van der Waals surface area (Å²) in [6.45, 7) is 6.59. The van der Waals surface area contributed by atoms with Crippen molar-refractivity contribution in [3.05, 3.63) is 57.6 Å². The van der Waals surface area contributed by atoms with Crippen LogP contribution in [0.5, 0.6) is 0 Å². The summed E-state index contributed by atoms with van der Waals surface area (Å²) in [7, 11) is 0. The van der Waals surface area contributed by atoms with Gasteiger partial charge in [0, 0.05) is 38.3 Å². The lowest BCUT2D eigenvalue weighted by Gasteiger charge is -2.36. The standard InChI is InChI=1S/C22H24Cl2N4O2S/c1-3-20(29)28-10-8-27(9-11-28)19-7-5-15(13-18(19)24)25-22(31)26-21(30)16-6-4-14(2)12-17(16)23/h4-7,12-13H,3,8-11H2,1-2H3,(H2,25,26,30,31). The van der Waals surface area contributed by atoms with E-state index in [1.165, 1.54) is 0 Å². The molecule has 2 amide bonds. The largest absolute Gasteiger partial charge is 0.367 e. The molecule has 164 valence electrons. The summed E-state index contributed by atoms with van der Waals surface area (Å²) in [5.41, 5.74) is 2.88. The van der Waals surface area contributed by atoms with Gasteiger partial charge in [-0.3, -0.25) is 14.9 Å². The molecule has 6 nitrogen and oxygen atoms in total. The zero-order valence-electron chi connectivity index (χ0n) is 17.4. The molecule has 1 saturated heterocycles. The van der Waals surface area contributed by atoms with Crippen molar-refractivity contribution in [1.82, 2.24) is 10.2 Å². The van der Waals surface area contributed by atoms with Crippen LogP contribution in [0.3, 0.4) is 0 Å². The fraction of sp³-hybridized carbons (Fsp3) is 0.318. The molecule has 2 aromatic rings. The molecule has 0 aliphatic carbocycles. The van der Waals surface area contributed by atoms with Gasteiger partial charge in [0.15, 0.2) is 5.11 Å². The van der Waals surface area contributed by atoms with Crippen LogP contribution in [0.4, 0.5) is 11.4 Å². The number of benzene rings is 2. The van der Waals surface area contributed by atoms with Gasteiger partial charge in [-0.25, -0.2) is 0 Å². The van der Waals surface area contributed by atoms with Crippen molar-refractivity contribution in [2.75, 3.05) is 36.4 Å². The lowest BCUT2D eigenvalue weighted by molar-refractivity contribution is -0.131. The normalized spacial score (nSPS) is 13.7. The van der Waals surface area contributed by atoms with Crippen LogP contribution in [0.2, 0.25) is 10.0 Å². The number of rotatable bonds is 4. The molecule has 0 bridgehead atoms. The molecule has 0 aromatic heterocycles. The van der Waals surface area contributed by atoms with E-state index in [0.29, 0.717) is 40.8 Å². The number of hydrogen-bond acceptors (Lipinski definition) is 4. The van der Waals surface area contributed by atoms with E-state index >= 15 is 0 Å². The Balaban J connectivity index is 1.59. The Hall–Kier alpha value is -2.35. The number of nitrogens with zero attached hydrogens (tertiary/aromatic N) is 2. The minimum Gasteiger partial charge on any atom is -0.367 e. The number of carbonyl (C=O) groups excluding carboxylic acids is 2. The summed E-state index contributed by atoms with van der Waals surface area (Å²) in [6.07, 6.45) is 0.522. The van der Waals surface area contributed by atoms with Gasteiger partial charge in [-0.05, 0) is 55.0 Å². The first-order valence-corrected chi connectivity index (χ1v) is 11.2. The van der Waals surface area contributed by atoms with Gasteiger partial charge >= 0.3 is 0 Å². The molecule has 9 heteroatoms. The molecule has 0 radical (unpaired) electrons. The number of aryl methyl sites for hydroxylation is 1. The smallest absolute Gasteiger partial charge is 0.258 e. The second kappa shape index (κ2) is 10.3. The molecule has 1 aliphatic heterocycles. The minimum atomic E-state index is -0.385. The lowest BCUT2D eigenvalue weighted by atomic mass is 10.1. The van der Waals surface area contributed by atoms with E-state index < -0.39 is 0 Å². The molecular formula is C22H24Cl2N4O2S. The summed E-state index contributed by atoms with van der Waals surface area (Å²) >= 11 is 17.9. The van der Waals surface area contributed by atoms with Crippen molar-refractivity contribution >= 4 is 63.7 Å². The van der Waals surface area contributed by atoms with Crippen LogP contribution in [0.1, 0.15) is 29.3 Å².